The van der Waals surface area contributed by atoms with E-state index in [4.69, 9.17) is 4.74 Å². The number of amides is 1. The molecule has 9 heteroatoms. The first-order valence-electron chi connectivity index (χ1n) is 8.47. The van der Waals surface area contributed by atoms with Crippen LogP contribution in [0, 0.1) is 6.92 Å². The molecule has 0 saturated carbocycles. The van der Waals surface area contributed by atoms with E-state index in [0.717, 1.165) is 24.9 Å². The third-order valence-electron chi connectivity index (χ3n) is 4.32. The Bertz CT molecular complexity index is 712. The molecule has 2 rings (SSSR count). The quantitative estimate of drug-likeness (QED) is 0.592. The summed E-state index contributed by atoms with van der Waals surface area (Å²) in [6, 6.07) is 5.06. The van der Waals surface area contributed by atoms with Crippen molar-refractivity contribution in [3.8, 4) is 0 Å². The summed E-state index contributed by atoms with van der Waals surface area (Å²) >= 11 is 0. The predicted octanol–water partition coefficient (Wildman–Crippen LogP) is 1.21. The Balaban J connectivity index is 0.00000338. The van der Waals surface area contributed by atoms with Gasteiger partial charge >= 0.3 is 0 Å². The molecule has 7 nitrogen and oxygen atoms in total. The van der Waals surface area contributed by atoms with E-state index in [-0.39, 0.29) is 42.4 Å². The van der Waals surface area contributed by atoms with Crippen LogP contribution in [0.4, 0.5) is 0 Å². The zero-order valence-corrected chi connectivity index (χ0v) is 17.0. The molecule has 2 unspecified atom stereocenters. The number of hydrogen-bond acceptors (Lipinski definition) is 5. The van der Waals surface area contributed by atoms with Crippen LogP contribution in [0.25, 0.3) is 0 Å². The van der Waals surface area contributed by atoms with Gasteiger partial charge in [0.15, 0.2) is 0 Å². The maximum Gasteiger partial charge on any atom is 0.251 e. The van der Waals surface area contributed by atoms with Crippen molar-refractivity contribution in [1.82, 2.24) is 15.4 Å². The molecule has 1 aliphatic rings. The summed E-state index contributed by atoms with van der Waals surface area (Å²) < 4.78 is 31.9. The summed E-state index contributed by atoms with van der Waals surface area (Å²) in [7, 11) is -2.16. The topological polar surface area (TPSA) is 96.5 Å². The second kappa shape index (κ2) is 10.2. The number of nitrogens with one attached hydrogen (secondary N) is 3. The minimum Gasteiger partial charge on any atom is -0.383 e. The zero-order valence-electron chi connectivity index (χ0n) is 15.4. The number of hydrogen-bond donors (Lipinski definition) is 3. The summed E-state index contributed by atoms with van der Waals surface area (Å²) in [5.74, 6) is -0.231. The molecule has 26 heavy (non-hydrogen) atoms. The number of rotatable bonds is 7. The molecular weight excluding hydrogens is 378 g/mol. The van der Waals surface area contributed by atoms with Gasteiger partial charge in [-0.25, -0.2) is 13.1 Å². The molecular formula is C17H28ClN3O4S. The second-order valence-electron chi connectivity index (χ2n) is 6.42. The van der Waals surface area contributed by atoms with Gasteiger partial charge in [0.05, 0.1) is 11.5 Å². The van der Waals surface area contributed by atoms with Crippen molar-refractivity contribution in [3.05, 3.63) is 29.3 Å². The lowest BCUT2D eigenvalue weighted by atomic mass is 9.99. The van der Waals surface area contributed by atoms with Crippen LogP contribution in [-0.4, -0.2) is 53.2 Å². The van der Waals surface area contributed by atoms with E-state index in [0.29, 0.717) is 11.6 Å². The van der Waals surface area contributed by atoms with Gasteiger partial charge in [0, 0.05) is 31.3 Å². The monoisotopic (exact) mass is 405 g/mol. The van der Waals surface area contributed by atoms with E-state index in [1.54, 1.807) is 13.0 Å². The smallest absolute Gasteiger partial charge is 0.251 e. The van der Waals surface area contributed by atoms with Crippen molar-refractivity contribution in [2.24, 2.45) is 0 Å². The van der Waals surface area contributed by atoms with Gasteiger partial charge in [-0.05, 0) is 50.9 Å². The third kappa shape index (κ3) is 6.21. The lowest BCUT2D eigenvalue weighted by Crippen LogP contribution is -2.46. The van der Waals surface area contributed by atoms with Gasteiger partial charge in [0.25, 0.3) is 5.91 Å². The summed E-state index contributed by atoms with van der Waals surface area (Å²) in [5.41, 5.74) is 1.14. The Morgan fingerprint density at radius 1 is 1.38 bits per heavy atom. The molecule has 1 aliphatic heterocycles. The maximum atomic E-state index is 12.6. The Morgan fingerprint density at radius 3 is 2.77 bits per heavy atom. The summed E-state index contributed by atoms with van der Waals surface area (Å²) in [4.78, 5) is 12.7. The third-order valence-corrected chi connectivity index (χ3v) is 5.78. The zero-order chi connectivity index (χ0) is 18.4. The normalized spacial score (nSPS) is 20.3. The predicted molar refractivity (Wildman–Crippen MR) is 103 cm³/mol. The first kappa shape index (κ1) is 22.9. The highest BCUT2D eigenvalue weighted by Gasteiger charge is 2.22. The van der Waals surface area contributed by atoms with Gasteiger partial charge in [-0.3, -0.25) is 4.79 Å². The fraction of sp³-hybridized carbons (Fsp3) is 0.588. The Kier molecular flexibility index (Phi) is 8.99. The molecule has 0 bridgehead atoms. The number of halogens is 1. The fourth-order valence-electron chi connectivity index (χ4n) is 2.90. The molecule has 0 radical (unpaired) electrons. The van der Waals surface area contributed by atoms with E-state index >= 15 is 0 Å². The van der Waals surface area contributed by atoms with E-state index in [2.05, 4.69) is 22.3 Å². The van der Waals surface area contributed by atoms with Crippen molar-refractivity contribution >= 4 is 28.3 Å². The maximum absolute atomic E-state index is 12.6. The number of piperidine rings is 1. The first-order chi connectivity index (χ1) is 11.8. The van der Waals surface area contributed by atoms with Crippen LogP contribution in [0.2, 0.25) is 0 Å². The largest absolute Gasteiger partial charge is 0.383 e. The number of carbonyl (C=O) groups is 1. The molecule has 1 heterocycles. The van der Waals surface area contributed by atoms with Crippen LogP contribution in [0.1, 0.15) is 35.7 Å². The molecule has 1 aromatic carbocycles. The molecule has 1 aromatic rings. The number of carbonyl (C=O) groups excluding carboxylic acids is 1. The molecule has 0 aliphatic carbocycles. The van der Waals surface area contributed by atoms with Crippen LogP contribution in [0.15, 0.2) is 23.1 Å². The SMILES string of the molecule is COCCNS(=O)(=O)c1ccc(C)c(C(=O)NC2CCNC(C)C2)c1.Cl. The Morgan fingerprint density at radius 2 is 2.12 bits per heavy atom. The number of sulfonamides is 1. The number of ether oxygens (including phenoxy) is 1. The highest BCUT2D eigenvalue weighted by atomic mass is 35.5. The lowest BCUT2D eigenvalue weighted by molar-refractivity contribution is 0.0925. The molecule has 1 fully saturated rings. The minimum absolute atomic E-state index is 0. The van der Waals surface area contributed by atoms with Crippen molar-refractivity contribution in [1.29, 1.82) is 0 Å². The molecule has 3 N–H and O–H groups in total. The molecule has 148 valence electrons. The van der Waals surface area contributed by atoms with Gasteiger partial charge in [0.1, 0.15) is 0 Å². The lowest BCUT2D eigenvalue weighted by Gasteiger charge is -2.28. The van der Waals surface area contributed by atoms with Gasteiger partial charge in [-0.15, -0.1) is 12.4 Å². The molecule has 1 saturated heterocycles. The van der Waals surface area contributed by atoms with Crippen LogP contribution in [-0.2, 0) is 14.8 Å². The van der Waals surface area contributed by atoms with Gasteiger partial charge < -0.3 is 15.4 Å². The van der Waals surface area contributed by atoms with E-state index in [1.165, 1.54) is 19.2 Å². The fourth-order valence-corrected chi connectivity index (χ4v) is 3.94. The highest BCUT2D eigenvalue weighted by Crippen LogP contribution is 2.17. The van der Waals surface area contributed by atoms with Crippen molar-refractivity contribution in [2.45, 2.75) is 43.7 Å². The number of benzene rings is 1. The van der Waals surface area contributed by atoms with E-state index < -0.39 is 10.0 Å². The highest BCUT2D eigenvalue weighted by molar-refractivity contribution is 7.89. The average molecular weight is 406 g/mol. The minimum atomic E-state index is -3.67. The van der Waals surface area contributed by atoms with Gasteiger partial charge in [-0.2, -0.15) is 0 Å². The van der Waals surface area contributed by atoms with Crippen molar-refractivity contribution in [2.75, 3.05) is 26.8 Å². The van der Waals surface area contributed by atoms with Crippen LogP contribution in [0.3, 0.4) is 0 Å². The van der Waals surface area contributed by atoms with Crippen molar-refractivity contribution in [3.63, 3.8) is 0 Å². The van der Waals surface area contributed by atoms with Gasteiger partial charge in [-0.1, -0.05) is 6.07 Å². The molecule has 0 spiro atoms. The first-order valence-corrected chi connectivity index (χ1v) is 9.95. The summed E-state index contributed by atoms with van der Waals surface area (Å²) in [6.07, 6.45) is 1.73. The molecule has 0 aromatic heterocycles. The van der Waals surface area contributed by atoms with Crippen LogP contribution < -0.4 is 15.4 Å². The number of methoxy groups -OCH3 is 1. The molecule has 1 amide bonds. The van der Waals surface area contributed by atoms with Crippen molar-refractivity contribution < 1.29 is 17.9 Å². The second-order valence-corrected chi connectivity index (χ2v) is 8.18. The number of aryl methyl sites for hydroxylation is 1. The standard InChI is InChI=1S/C17H27N3O4S.ClH/c1-12-4-5-15(25(22,23)19-8-9-24-3)11-16(12)17(21)20-14-6-7-18-13(2)10-14;/h4-5,11,13-14,18-19H,6-10H2,1-3H3,(H,20,21);1H. The Labute approximate surface area is 161 Å². The van der Waals surface area contributed by atoms with Gasteiger partial charge in [0.2, 0.25) is 10.0 Å². The van der Waals surface area contributed by atoms with Crippen LogP contribution in [0.5, 0.6) is 0 Å². The van der Waals surface area contributed by atoms with E-state index in [1.807, 2.05) is 0 Å². The summed E-state index contributed by atoms with van der Waals surface area (Å²) in [6.45, 7) is 5.22. The van der Waals surface area contributed by atoms with E-state index in [9.17, 15) is 13.2 Å². The van der Waals surface area contributed by atoms with Crippen LogP contribution >= 0.6 is 12.4 Å². The average Bonchev–Trinajstić information content (AvgIpc) is 2.55. The summed E-state index contributed by atoms with van der Waals surface area (Å²) in [5, 5.41) is 6.36. The molecule has 2 atom stereocenters. The Hall–Kier alpha value is -1.19.